The van der Waals surface area contributed by atoms with Gasteiger partial charge in [0, 0.05) is 37.8 Å². The second-order valence-corrected chi connectivity index (χ2v) is 6.88. The van der Waals surface area contributed by atoms with Gasteiger partial charge in [0.2, 0.25) is 0 Å². The summed E-state index contributed by atoms with van der Waals surface area (Å²) in [6.07, 6.45) is 7.07. The highest BCUT2D eigenvalue weighted by atomic mass is 15.3. The molecule has 112 valence electrons. The quantitative estimate of drug-likeness (QED) is 0.791. The van der Waals surface area contributed by atoms with Crippen molar-refractivity contribution in [3.8, 4) is 0 Å². The number of likely N-dealkylation sites (N-methyl/N-ethyl adjacent to an activating group) is 1. The lowest BCUT2D eigenvalue weighted by Gasteiger charge is -2.44. The Morgan fingerprint density at radius 2 is 1.63 bits per heavy atom. The summed E-state index contributed by atoms with van der Waals surface area (Å²) < 4.78 is 0. The molecular formula is C16H33N3. The lowest BCUT2D eigenvalue weighted by molar-refractivity contribution is 0.0459. The Hall–Kier alpha value is -0.120. The van der Waals surface area contributed by atoms with Crippen LogP contribution in [0.2, 0.25) is 0 Å². The van der Waals surface area contributed by atoms with E-state index >= 15 is 0 Å². The summed E-state index contributed by atoms with van der Waals surface area (Å²) in [5, 5.41) is 3.58. The topological polar surface area (TPSA) is 18.5 Å². The molecule has 0 bridgehead atoms. The van der Waals surface area contributed by atoms with Crippen LogP contribution in [0.25, 0.3) is 0 Å². The molecule has 3 heteroatoms. The normalized spacial score (nSPS) is 39.2. The predicted octanol–water partition coefficient (Wildman–Crippen LogP) is 2.18. The van der Waals surface area contributed by atoms with Gasteiger partial charge in [-0.2, -0.15) is 0 Å². The van der Waals surface area contributed by atoms with Crippen LogP contribution < -0.4 is 5.32 Å². The third-order valence-corrected chi connectivity index (χ3v) is 5.46. The second kappa shape index (κ2) is 7.05. The van der Waals surface area contributed by atoms with Crippen molar-refractivity contribution in [1.29, 1.82) is 0 Å². The molecule has 0 aromatic rings. The van der Waals surface area contributed by atoms with Crippen LogP contribution in [0.5, 0.6) is 0 Å². The van der Waals surface area contributed by atoms with Crippen LogP contribution in [0.15, 0.2) is 0 Å². The Balaban J connectivity index is 1.91. The van der Waals surface area contributed by atoms with Gasteiger partial charge in [0.15, 0.2) is 0 Å². The van der Waals surface area contributed by atoms with Crippen molar-refractivity contribution in [2.24, 2.45) is 5.92 Å². The molecule has 1 saturated heterocycles. The van der Waals surface area contributed by atoms with Crippen molar-refractivity contribution in [3.05, 3.63) is 0 Å². The first-order valence-electron chi connectivity index (χ1n) is 8.23. The second-order valence-electron chi connectivity index (χ2n) is 6.88. The maximum Gasteiger partial charge on any atom is 0.0195 e. The smallest absolute Gasteiger partial charge is 0.0195 e. The number of piperazine rings is 1. The molecule has 1 aliphatic heterocycles. The van der Waals surface area contributed by atoms with Gasteiger partial charge in [-0.15, -0.1) is 0 Å². The van der Waals surface area contributed by atoms with Gasteiger partial charge >= 0.3 is 0 Å². The van der Waals surface area contributed by atoms with Crippen LogP contribution in [0.1, 0.15) is 46.0 Å². The Morgan fingerprint density at radius 1 is 1.00 bits per heavy atom. The molecule has 0 radical (unpaired) electrons. The van der Waals surface area contributed by atoms with Crippen molar-refractivity contribution in [3.63, 3.8) is 0 Å². The van der Waals surface area contributed by atoms with E-state index in [1.807, 2.05) is 0 Å². The molecule has 0 amide bonds. The fourth-order valence-corrected chi connectivity index (χ4v) is 3.98. The fraction of sp³-hybridized carbons (Fsp3) is 1.00. The van der Waals surface area contributed by atoms with E-state index in [2.05, 4.69) is 43.1 Å². The first-order valence-corrected chi connectivity index (χ1v) is 8.23. The maximum atomic E-state index is 3.58. The highest BCUT2D eigenvalue weighted by Crippen LogP contribution is 2.25. The summed E-state index contributed by atoms with van der Waals surface area (Å²) in [6, 6.07) is 2.14. The lowest BCUT2D eigenvalue weighted by Crippen LogP contribution is -2.56. The van der Waals surface area contributed by atoms with E-state index in [0.717, 1.165) is 12.0 Å². The molecule has 4 unspecified atom stereocenters. The largest absolute Gasteiger partial charge is 0.317 e. The van der Waals surface area contributed by atoms with Gasteiger partial charge in [-0.3, -0.25) is 9.80 Å². The molecule has 2 rings (SSSR count). The van der Waals surface area contributed by atoms with Crippen LogP contribution in [0, 0.1) is 5.92 Å². The van der Waals surface area contributed by atoms with Gasteiger partial charge in [-0.05, 0) is 46.7 Å². The summed E-state index contributed by atoms with van der Waals surface area (Å²) in [5.74, 6) is 0.857. The molecule has 1 aliphatic carbocycles. The highest BCUT2D eigenvalue weighted by molar-refractivity contribution is 4.87. The zero-order chi connectivity index (χ0) is 13.8. The van der Waals surface area contributed by atoms with Gasteiger partial charge in [-0.1, -0.05) is 19.3 Å². The highest BCUT2D eigenvalue weighted by Gasteiger charge is 2.30. The average molecular weight is 267 g/mol. The first-order chi connectivity index (χ1) is 9.11. The maximum absolute atomic E-state index is 3.58. The molecule has 3 nitrogen and oxygen atoms in total. The third kappa shape index (κ3) is 3.93. The Labute approximate surface area is 119 Å². The zero-order valence-electron chi connectivity index (χ0n) is 13.4. The predicted molar refractivity (Wildman–Crippen MR) is 82.5 cm³/mol. The summed E-state index contributed by atoms with van der Waals surface area (Å²) in [6.45, 7) is 8.52. The zero-order valence-corrected chi connectivity index (χ0v) is 13.4. The molecule has 2 aliphatic rings. The van der Waals surface area contributed by atoms with E-state index in [4.69, 9.17) is 0 Å². The van der Waals surface area contributed by atoms with Crippen molar-refractivity contribution in [2.75, 3.05) is 33.7 Å². The fourth-order valence-electron chi connectivity index (χ4n) is 3.98. The monoisotopic (exact) mass is 267 g/mol. The lowest BCUT2D eigenvalue weighted by atomic mass is 9.93. The molecule has 1 N–H and O–H groups in total. The SMILES string of the molecule is CNC1CCCCCC1CN1CC(C)N(C)C(C)C1. The molecular weight excluding hydrogens is 234 g/mol. The minimum Gasteiger partial charge on any atom is -0.317 e. The van der Waals surface area contributed by atoms with Crippen LogP contribution in [0.4, 0.5) is 0 Å². The molecule has 4 atom stereocenters. The average Bonchev–Trinajstić information content (AvgIpc) is 2.61. The Morgan fingerprint density at radius 3 is 2.26 bits per heavy atom. The minimum atomic E-state index is 0.697. The molecule has 0 aromatic carbocycles. The Kier molecular flexibility index (Phi) is 5.67. The molecule has 2 fully saturated rings. The van der Waals surface area contributed by atoms with Crippen molar-refractivity contribution < 1.29 is 0 Å². The van der Waals surface area contributed by atoms with Gasteiger partial charge in [0.25, 0.3) is 0 Å². The van der Waals surface area contributed by atoms with E-state index in [9.17, 15) is 0 Å². The number of rotatable bonds is 3. The first kappa shape index (κ1) is 15.3. The number of nitrogens with zero attached hydrogens (tertiary/aromatic N) is 2. The summed E-state index contributed by atoms with van der Waals surface area (Å²) in [7, 11) is 4.42. The van der Waals surface area contributed by atoms with Gasteiger partial charge < -0.3 is 5.32 Å². The molecule has 0 spiro atoms. The van der Waals surface area contributed by atoms with Crippen molar-refractivity contribution in [1.82, 2.24) is 15.1 Å². The summed E-state index contributed by atoms with van der Waals surface area (Å²) in [4.78, 5) is 5.24. The Bertz CT molecular complexity index is 257. The van der Waals surface area contributed by atoms with Crippen LogP contribution in [0.3, 0.4) is 0 Å². The van der Waals surface area contributed by atoms with E-state index in [1.54, 1.807) is 0 Å². The van der Waals surface area contributed by atoms with Crippen molar-refractivity contribution >= 4 is 0 Å². The molecule has 1 saturated carbocycles. The summed E-state index contributed by atoms with van der Waals surface area (Å²) >= 11 is 0. The van der Waals surface area contributed by atoms with E-state index in [1.165, 1.54) is 51.7 Å². The van der Waals surface area contributed by atoms with Crippen LogP contribution in [-0.4, -0.2) is 61.7 Å². The number of hydrogen-bond acceptors (Lipinski definition) is 3. The molecule has 19 heavy (non-hydrogen) atoms. The molecule has 0 aromatic heterocycles. The van der Waals surface area contributed by atoms with Crippen molar-refractivity contribution in [2.45, 2.75) is 64.1 Å². The van der Waals surface area contributed by atoms with Crippen LogP contribution >= 0.6 is 0 Å². The number of nitrogens with one attached hydrogen (secondary N) is 1. The minimum absolute atomic E-state index is 0.697. The van der Waals surface area contributed by atoms with Gasteiger partial charge in [0.1, 0.15) is 0 Å². The third-order valence-electron chi connectivity index (χ3n) is 5.46. The van der Waals surface area contributed by atoms with Crippen LogP contribution in [-0.2, 0) is 0 Å². The van der Waals surface area contributed by atoms with Gasteiger partial charge in [-0.25, -0.2) is 0 Å². The summed E-state index contributed by atoms with van der Waals surface area (Å²) in [5.41, 5.74) is 0. The molecule has 1 heterocycles. The van der Waals surface area contributed by atoms with E-state index in [-0.39, 0.29) is 0 Å². The van der Waals surface area contributed by atoms with Gasteiger partial charge in [0.05, 0.1) is 0 Å². The van der Waals surface area contributed by atoms with E-state index in [0.29, 0.717) is 12.1 Å². The standard InChI is InChI=1S/C16H33N3/c1-13-10-19(11-14(2)18(13)4)12-15-8-6-5-7-9-16(15)17-3/h13-17H,5-12H2,1-4H3. The van der Waals surface area contributed by atoms with E-state index < -0.39 is 0 Å². The number of hydrogen-bond donors (Lipinski definition) is 1.